The van der Waals surface area contributed by atoms with Crippen LogP contribution in [0.4, 0.5) is 0 Å². The van der Waals surface area contributed by atoms with E-state index in [1.165, 1.54) is 0 Å². The molecular weight excluding hydrogens is 330 g/mol. The summed E-state index contributed by atoms with van der Waals surface area (Å²) in [6.07, 6.45) is 10.4. The van der Waals surface area contributed by atoms with Gasteiger partial charge in [0, 0.05) is 43.9 Å². The molecule has 1 N–H and O–H groups in total. The summed E-state index contributed by atoms with van der Waals surface area (Å²) in [5, 5.41) is 10.6. The SMILES string of the molecule is Cn1ccnc1C(O)C1CCN(Cc2cnc(-c3ccco3)nc2)CC1. The van der Waals surface area contributed by atoms with Crippen LogP contribution in [-0.2, 0) is 13.6 Å². The van der Waals surface area contributed by atoms with Crippen molar-refractivity contribution in [2.24, 2.45) is 13.0 Å². The van der Waals surface area contributed by atoms with Gasteiger partial charge in [0.1, 0.15) is 11.9 Å². The number of aliphatic hydroxyl groups is 1. The van der Waals surface area contributed by atoms with Crippen LogP contribution in [0.1, 0.15) is 30.3 Å². The van der Waals surface area contributed by atoms with Crippen LogP contribution in [0.15, 0.2) is 47.6 Å². The fraction of sp³-hybridized carbons (Fsp3) is 0.421. The molecule has 4 rings (SSSR count). The third-order valence-electron chi connectivity index (χ3n) is 5.05. The first-order chi connectivity index (χ1) is 12.7. The molecule has 1 aliphatic heterocycles. The number of likely N-dealkylation sites (tertiary alicyclic amines) is 1. The highest BCUT2D eigenvalue weighted by Crippen LogP contribution is 2.30. The molecule has 1 saturated heterocycles. The molecule has 1 fully saturated rings. The summed E-state index contributed by atoms with van der Waals surface area (Å²) in [4.78, 5) is 15.4. The summed E-state index contributed by atoms with van der Waals surface area (Å²) >= 11 is 0. The van der Waals surface area contributed by atoms with Crippen molar-refractivity contribution in [2.45, 2.75) is 25.5 Å². The van der Waals surface area contributed by atoms with Gasteiger partial charge in [0.15, 0.2) is 11.6 Å². The Morgan fingerprint density at radius 2 is 2.00 bits per heavy atom. The Balaban J connectivity index is 1.32. The maximum atomic E-state index is 10.6. The van der Waals surface area contributed by atoms with Gasteiger partial charge in [-0.05, 0) is 44.0 Å². The molecule has 0 aliphatic carbocycles. The second kappa shape index (κ2) is 7.39. The van der Waals surface area contributed by atoms with Gasteiger partial charge in [-0.25, -0.2) is 15.0 Å². The van der Waals surface area contributed by atoms with Crippen molar-refractivity contribution in [1.82, 2.24) is 24.4 Å². The summed E-state index contributed by atoms with van der Waals surface area (Å²) < 4.78 is 7.21. The monoisotopic (exact) mass is 353 g/mol. The third kappa shape index (κ3) is 3.54. The van der Waals surface area contributed by atoms with Crippen molar-refractivity contribution in [2.75, 3.05) is 13.1 Å². The zero-order valence-corrected chi connectivity index (χ0v) is 14.8. The average molecular weight is 353 g/mol. The van der Waals surface area contributed by atoms with Gasteiger partial charge in [0.2, 0.25) is 0 Å². The zero-order valence-electron chi connectivity index (χ0n) is 14.8. The number of aryl methyl sites for hydroxylation is 1. The first-order valence-electron chi connectivity index (χ1n) is 8.93. The van der Waals surface area contributed by atoms with Crippen LogP contribution in [0.25, 0.3) is 11.6 Å². The van der Waals surface area contributed by atoms with Crippen LogP contribution in [0.5, 0.6) is 0 Å². The van der Waals surface area contributed by atoms with Crippen molar-refractivity contribution >= 4 is 0 Å². The van der Waals surface area contributed by atoms with Crippen molar-refractivity contribution in [1.29, 1.82) is 0 Å². The maximum Gasteiger partial charge on any atom is 0.195 e. The number of aromatic nitrogens is 4. The lowest BCUT2D eigenvalue weighted by Gasteiger charge is -2.33. The molecule has 0 radical (unpaired) electrons. The van der Waals surface area contributed by atoms with Gasteiger partial charge in [-0.15, -0.1) is 0 Å². The minimum atomic E-state index is -0.493. The van der Waals surface area contributed by atoms with Gasteiger partial charge in [-0.2, -0.15) is 0 Å². The second-order valence-electron chi connectivity index (χ2n) is 6.85. The predicted molar refractivity (Wildman–Crippen MR) is 95.9 cm³/mol. The van der Waals surface area contributed by atoms with E-state index < -0.39 is 6.10 Å². The summed E-state index contributed by atoms with van der Waals surface area (Å²) in [5.41, 5.74) is 1.09. The molecule has 7 heteroatoms. The summed E-state index contributed by atoms with van der Waals surface area (Å²) in [6.45, 7) is 2.72. The number of aliphatic hydroxyl groups excluding tert-OH is 1. The van der Waals surface area contributed by atoms with E-state index in [-0.39, 0.29) is 5.92 Å². The minimum Gasteiger partial charge on any atom is -0.461 e. The largest absolute Gasteiger partial charge is 0.461 e. The van der Waals surface area contributed by atoms with Crippen molar-refractivity contribution in [3.05, 3.63) is 54.6 Å². The van der Waals surface area contributed by atoms with Gasteiger partial charge in [0.05, 0.1) is 6.26 Å². The Morgan fingerprint density at radius 3 is 2.62 bits per heavy atom. The lowest BCUT2D eigenvalue weighted by atomic mass is 9.90. The normalized spacial score (nSPS) is 17.5. The molecule has 0 bridgehead atoms. The van der Waals surface area contributed by atoms with E-state index in [4.69, 9.17) is 4.42 Å². The van der Waals surface area contributed by atoms with Gasteiger partial charge < -0.3 is 14.1 Å². The second-order valence-corrected chi connectivity index (χ2v) is 6.85. The van der Waals surface area contributed by atoms with Gasteiger partial charge >= 0.3 is 0 Å². The van der Waals surface area contributed by atoms with Crippen LogP contribution in [0.2, 0.25) is 0 Å². The van der Waals surface area contributed by atoms with Gasteiger partial charge in [-0.3, -0.25) is 4.90 Å². The third-order valence-corrected chi connectivity index (χ3v) is 5.05. The summed E-state index contributed by atoms with van der Waals surface area (Å²) in [6, 6.07) is 3.68. The van der Waals surface area contributed by atoms with Gasteiger partial charge in [0.25, 0.3) is 0 Å². The van der Waals surface area contributed by atoms with E-state index in [0.717, 1.165) is 43.9 Å². The molecule has 0 amide bonds. The van der Waals surface area contributed by atoms with E-state index in [1.54, 1.807) is 12.5 Å². The number of nitrogens with zero attached hydrogens (tertiary/aromatic N) is 5. The quantitative estimate of drug-likeness (QED) is 0.759. The number of furan rings is 1. The van der Waals surface area contributed by atoms with Crippen molar-refractivity contribution in [3.8, 4) is 11.6 Å². The van der Waals surface area contributed by atoms with E-state index in [9.17, 15) is 5.11 Å². The Bertz CT molecular complexity index is 820. The Morgan fingerprint density at radius 1 is 1.23 bits per heavy atom. The molecule has 0 saturated carbocycles. The highest BCUT2D eigenvalue weighted by atomic mass is 16.3. The number of piperidine rings is 1. The maximum absolute atomic E-state index is 10.6. The Labute approximate surface area is 152 Å². The number of rotatable bonds is 5. The van der Waals surface area contributed by atoms with E-state index in [0.29, 0.717) is 11.6 Å². The topological polar surface area (TPSA) is 80.2 Å². The predicted octanol–water partition coefficient (Wildman–Crippen LogP) is 2.42. The van der Waals surface area contributed by atoms with Crippen LogP contribution in [0, 0.1) is 5.92 Å². The van der Waals surface area contributed by atoms with Crippen LogP contribution in [0.3, 0.4) is 0 Å². The van der Waals surface area contributed by atoms with Gasteiger partial charge in [-0.1, -0.05) is 0 Å². The molecule has 0 aromatic carbocycles. The van der Waals surface area contributed by atoms with Crippen molar-refractivity contribution in [3.63, 3.8) is 0 Å². The molecule has 26 heavy (non-hydrogen) atoms. The smallest absolute Gasteiger partial charge is 0.195 e. The van der Waals surface area contributed by atoms with Crippen LogP contribution >= 0.6 is 0 Å². The number of imidazole rings is 1. The molecule has 1 aliphatic rings. The lowest BCUT2D eigenvalue weighted by molar-refractivity contribution is 0.0491. The molecule has 1 unspecified atom stereocenters. The Hall–Kier alpha value is -2.51. The van der Waals surface area contributed by atoms with E-state index >= 15 is 0 Å². The Kier molecular flexibility index (Phi) is 4.81. The highest BCUT2D eigenvalue weighted by molar-refractivity contribution is 5.45. The summed E-state index contributed by atoms with van der Waals surface area (Å²) in [7, 11) is 1.92. The molecule has 0 spiro atoms. The van der Waals surface area contributed by atoms with E-state index in [2.05, 4.69) is 19.9 Å². The molecule has 136 valence electrons. The standard InChI is InChI=1S/C19H23N5O2/c1-23-9-6-20-19(23)17(25)15-4-7-24(8-5-15)13-14-11-21-18(22-12-14)16-3-2-10-26-16/h2-3,6,9-12,15,17,25H,4-5,7-8,13H2,1H3. The van der Waals surface area contributed by atoms with Crippen LogP contribution in [-0.4, -0.2) is 42.6 Å². The first-order valence-corrected chi connectivity index (χ1v) is 8.93. The van der Waals surface area contributed by atoms with Crippen molar-refractivity contribution < 1.29 is 9.52 Å². The van der Waals surface area contributed by atoms with E-state index in [1.807, 2.05) is 42.3 Å². The molecule has 3 aromatic rings. The minimum absolute atomic E-state index is 0.255. The average Bonchev–Trinajstić information content (AvgIpc) is 3.34. The molecule has 1 atom stereocenters. The molecular formula is C19H23N5O2. The zero-order chi connectivity index (χ0) is 17.9. The van der Waals surface area contributed by atoms with Crippen LogP contribution < -0.4 is 0 Å². The number of hydrogen-bond acceptors (Lipinski definition) is 6. The number of hydrogen-bond donors (Lipinski definition) is 1. The first kappa shape index (κ1) is 16.9. The lowest BCUT2D eigenvalue weighted by Crippen LogP contribution is -2.35. The summed E-state index contributed by atoms with van der Waals surface area (Å²) in [5.74, 6) is 2.30. The fourth-order valence-electron chi connectivity index (χ4n) is 3.53. The highest BCUT2D eigenvalue weighted by Gasteiger charge is 2.28. The fourth-order valence-corrected chi connectivity index (χ4v) is 3.53. The molecule has 7 nitrogen and oxygen atoms in total. The molecule has 3 aromatic heterocycles. The molecule has 4 heterocycles.